The number of amides is 2. The Labute approximate surface area is 323 Å². The summed E-state index contributed by atoms with van der Waals surface area (Å²) in [6, 6.07) is 9.67. The van der Waals surface area contributed by atoms with Crippen LogP contribution in [0, 0.1) is 5.92 Å². The van der Waals surface area contributed by atoms with Crippen LogP contribution in [0.1, 0.15) is 165 Å². The Kier molecular flexibility index (Phi) is 25.2. The molecule has 2 aromatic carbocycles. The van der Waals surface area contributed by atoms with E-state index >= 15 is 0 Å². The summed E-state index contributed by atoms with van der Waals surface area (Å²) < 4.78 is 5.45. The fraction of sp³-hybridized carbons (Fsp3) is 0.643. The number of nitrogens with one attached hydrogen (secondary N) is 2. The predicted molar refractivity (Wildman–Crippen MR) is 214 cm³/mol. The van der Waals surface area contributed by atoms with Crippen molar-refractivity contribution in [1.82, 2.24) is 0 Å². The number of carbonyl (C=O) groups is 3. The molecule has 1 atom stereocenters. The van der Waals surface area contributed by atoms with E-state index in [1.807, 2.05) is 0 Å². The van der Waals surface area contributed by atoms with Gasteiger partial charge in [-0.1, -0.05) is 159 Å². The number of hydrogen-bond acceptors (Lipinski definition) is 6. The van der Waals surface area contributed by atoms with E-state index in [2.05, 4.69) is 24.5 Å². The van der Waals surface area contributed by atoms with Crippen LogP contribution in [-0.4, -0.2) is 31.0 Å². The van der Waals surface area contributed by atoms with Gasteiger partial charge in [-0.25, -0.2) is 14.6 Å². The molecule has 0 spiro atoms. The molecule has 0 aliphatic heterocycles. The molecule has 2 aromatic rings. The molecular formula is C42H64Cl2N2O6. The summed E-state index contributed by atoms with van der Waals surface area (Å²) in [5.74, 6) is -2.73. The molecule has 0 aliphatic carbocycles. The van der Waals surface area contributed by atoms with Crippen molar-refractivity contribution in [3.05, 3.63) is 57.6 Å². The Hall–Kier alpha value is -2.65. The summed E-state index contributed by atoms with van der Waals surface area (Å²) in [6.45, 7) is 6.99. The van der Waals surface area contributed by atoms with Gasteiger partial charge in [-0.2, -0.15) is 0 Å². The smallest absolute Gasteiger partial charge is 0.338 e. The van der Waals surface area contributed by atoms with Crippen molar-refractivity contribution in [1.29, 1.82) is 0 Å². The standard InChI is InChI=1S/C42H64Cl2N2O6/c1-4-6-8-10-12-14-16-18-20-22-28-50-42(49)35-25-27-37(44)39(31-35)46-41(48)33(3)40(47)45-38-30-34(24-26-36(38)43)32-52-51-29-23-21-19-17-15-13-11-9-7-5-2/h24-27,30-31,33H,4-23,28-29,32H2,1-3H3,(H,45,47)(H,46,48). The Bertz CT molecular complexity index is 1310. The predicted octanol–water partition coefficient (Wildman–Crippen LogP) is 12.7. The van der Waals surface area contributed by atoms with E-state index in [1.54, 1.807) is 24.3 Å². The van der Waals surface area contributed by atoms with Gasteiger partial charge in [0.2, 0.25) is 11.8 Å². The Balaban J connectivity index is 1.71. The second-order valence-corrected chi connectivity index (χ2v) is 14.6. The van der Waals surface area contributed by atoms with Crippen LogP contribution in [0.25, 0.3) is 0 Å². The highest BCUT2D eigenvalue weighted by atomic mass is 35.5. The van der Waals surface area contributed by atoms with Gasteiger partial charge in [0, 0.05) is 0 Å². The van der Waals surface area contributed by atoms with Crippen LogP contribution in [-0.2, 0) is 30.7 Å². The fourth-order valence-electron chi connectivity index (χ4n) is 5.76. The lowest BCUT2D eigenvalue weighted by molar-refractivity contribution is -0.304. The van der Waals surface area contributed by atoms with E-state index in [4.69, 9.17) is 37.7 Å². The van der Waals surface area contributed by atoms with E-state index in [9.17, 15) is 14.4 Å². The van der Waals surface area contributed by atoms with E-state index in [0.29, 0.717) is 23.9 Å². The number of anilines is 2. The van der Waals surface area contributed by atoms with Gasteiger partial charge in [0.25, 0.3) is 0 Å². The van der Waals surface area contributed by atoms with Crippen molar-refractivity contribution >= 4 is 52.4 Å². The SMILES string of the molecule is CCCCCCCCCCCCOOCc1ccc(Cl)c(NC(=O)C(C)C(=O)Nc2cc(C(=O)OCCCCCCCCCCCC)ccc2Cl)c1. The zero-order valence-corrected chi connectivity index (χ0v) is 33.5. The van der Waals surface area contributed by atoms with Crippen LogP contribution in [0.2, 0.25) is 10.0 Å². The topological polar surface area (TPSA) is 103 Å². The second kappa shape index (κ2) is 28.8. The van der Waals surface area contributed by atoms with Gasteiger partial charge in [-0.3, -0.25) is 9.59 Å². The third-order valence-electron chi connectivity index (χ3n) is 9.16. The third-order valence-corrected chi connectivity index (χ3v) is 9.82. The number of unbranched alkanes of at least 4 members (excludes halogenated alkanes) is 18. The van der Waals surface area contributed by atoms with E-state index in [-0.39, 0.29) is 22.9 Å². The van der Waals surface area contributed by atoms with Crippen LogP contribution in [0.4, 0.5) is 11.4 Å². The summed E-state index contributed by atoms with van der Waals surface area (Å²) in [5, 5.41) is 5.96. The van der Waals surface area contributed by atoms with E-state index in [0.717, 1.165) is 37.7 Å². The van der Waals surface area contributed by atoms with Crippen molar-refractivity contribution in [3.8, 4) is 0 Å². The number of ether oxygens (including phenoxy) is 1. The summed E-state index contributed by atoms with van der Waals surface area (Å²) >= 11 is 12.7. The highest BCUT2D eigenvalue weighted by molar-refractivity contribution is 6.34. The van der Waals surface area contributed by atoms with Gasteiger partial charge in [0.15, 0.2) is 0 Å². The molecule has 0 heterocycles. The van der Waals surface area contributed by atoms with Crippen LogP contribution in [0.5, 0.6) is 0 Å². The highest BCUT2D eigenvalue weighted by Crippen LogP contribution is 2.26. The molecule has 0 aromatic heterocycles. The maximum Gasteiger partial charge on any atom is 0.338 e. The average molecular weight is 764 g/mol. The third kappa shape index (κ3) is 20.0. The quantitative estimate of drug-likeness (QED) is 0.0270. The van der Waals surface area contributed by atoms with Gasteiger partial charge < -0.3 is 15.4 Å². The number of esters is 1. The lowest BCUT2D eigenvalue weighted by Crippen LogP contribution is -2.32. The van der Waals surface area contributed by atoms with Crippen molar-refractivity contribution < 1.29 is 28.9 Å². The molecule has 0 bridgehead atoms. The highest BCUT2D eigenvalue weighted by Gasteiger charge is 2.24. The monoisotopic (exact) mass is 762 g/mol. The lowest BCUT2D eigenvalue weighted by Gasteiger charge is -2.15. The summed E-state index contributed by atoms with van der Waals surface area (Å²) in [4.78, 5) is 49.5. The molecular weight excluding hydrogens is 699 g/mol. The van der Waals surface area contributed by atoms with Gasteiger partial charge in [0.1, 0.15) is 12.5 Å². The lowest BCUT2D eigenvalue weighted by atomic mass is 10.1. The van der Waals surface area contributed by atoms with Gasteiger partial charge in [0.05, 0.1) is 40.2 Å². The zero-order valence-electron chi connectivity index (χ0n) is 32.0. The molecule has 1 unspecified atom stereocenters. The van der Waals surface area contributed by atoms with E-state index in [1.165, 1.54) is 115 Å². The average Bonchev–Trinajstić information content (AvgIpc) is 3.14. The fourth-order valence-corrected chi connectivity index (χ4v) is 6.09. The van der Waals surface area contributed by atoms with Crippen LogP contribution >= 0.6 is 23.2 Å². The first-order valence-corrected chi connectivity index (χ1v) is 20.6. The van der Waals surface area contributed by atoms with Crippen molar-refractivity contribution in [2.45, 2.75) is 156 Å². The second-order valence-electron chi connectivity index (χ2n) is 13.8. The Morgan fingerprint density at radius 2 is 1.02 bits per heavy atom. The van der Waals surface area contributed by atoms with Crippen molar-refractivity contribution in [3.63, 3.8) is 0 Å². The van der Waals surface area contributed by atoms with Gasteiger partial charge in [-0.05, 0) is 55.7 Å². The minimum Gasteiger partial charge on any atom is -0.462 e. The number of hydrogen-bond donors (Lipinski definition) is 2. The number of rotatable bonds is 30. The van der Waals surface area contributed by atoms with Gasteiger partial charge in [-0.15, -0.1) is 0 Å². The molecule has 2 rings (SSSR count). The molecule has 0 saturated heterocycles. The summed E-state index contributed by atoms with van der Waals surface area (Å²) in [6.07, 6.45) is 24.4. The molecule has 8 nitrogen and oxygen atoms in total. The van der Waals surface area contributed by atoms with E-state index < -0.39 is 23.7 Å². The molecule has 0 saturated carbocycles. The number of halogens is 2. The molecule has 10 heteroatoms. The minimum absolute atomic E-state index is 0.185. The van der Waals surface area contributed by atoms with Gasteiger partial charge >= 0.3 is 5.97 Å². The minimum atomic E-state index is -1.09. The van der Waals surface area contributed by atoms with Crippen molar-refractivity contribution in [2.75, 3.05) is 23.8 Å². The molecule has 52 heavy (non-hydrogen) atoms. The summed E-state index contributed by atoms with van der Waals surface area (Å²) in [5.41, 5.74) is 1.59. The molecule has 2 N–H and O–H groups in total. The van der Waals surface area contributed by atoms with Crippen LogP contribution < -0.4 is 10.6 Å². The molecule has 2 amide bonds. The summed E-state index contributed by atoms with van der Waals surface area (Å²) in [7, 11) is 0. The Morgan fingerprint density at radius 1 is 0.577 bits per heavy atom. The van der Waals surface area contributed by atoms with Crippen molar-refractivity contribution in [2.24, 2.45) is 5.92 Å². The molecule has 0 fully saturated rings. The molecule has 0 radical (unpaired) electrons. The maximum atomic E-state index is 13.0. The zero-order chi connectivity index (χ0) is 37.8. The number of carbonyl (C=O) groups excluding carboxylic acids is 3. The van der Waals surface area contributed by atoms with Crippen LogP contribution in [0.15, 0.2) is 36.4 Å². The largest absolute Gasteiger partial charge is 0.462 e. The Morgan fingerprint density at radius 3 is 1.54 bits per heavy atom. The molecule has 0 aliphatic rings. The first kappa shape index (κ1) is 45.5. The van der Waals surface area contributed by atoms with Crippen LogP contribution in [0.3, 0.4) is 0 Å². The number of benzene rings is 2. The maximum absolute atomic E-state index is 13.0. The first-order chi connectivity index (χ1) is 25.3. The molecule has 292 valence electrons. The first-order valence-electron chi connectivity index (χ1n) is 19.9. The normalized spacial score (nSPS) is 11.7.